The van der Waals surface area contributed by atoms with Crippen molar-refractivity contribution in [2.45, 2.75) is 94.0 Å². The van der Waals surface area contributed by atoms with Crippen molar-refractivity contribution in [1.82, 2.24) is 9.88 Å². The molecule has 0 N–H and O–H groups in total. The molecule has 2 spiro atoms. The minimum absolute atomic E-state index is 0.111. The molecule has 2 saturated heterocycles. The molecule has 3 unspecified atom stereocenters. The van der Waals surface area contributed by atoms with E-state index in [1.165, 1.54) is 40.3 Å². The summed E-state index contributed by atoms with van der Waals surface area (Å²) in [7, 11) is 0. The van der Waals surface area contributed by atoms with Gasteiger partial charge in [0.1, 0.15) is 6.17 Å². The number of hydrogen-bond donors (Lipinski definition) is 0. The van der Waals surface area contributed by atoms with E-state index in [-0.39, 0.29) is 16.6 Å². The Labute approximate surface area is 213 Å². The predicted molar refractivity (Wildman–Crippen MR) is 141 cm³/mol. The average molecular weight is 485 g/mol. The van der Waals surface area contributed by atoms with Crippen LogP contribution in [-0.4, -0.2) is 46.4 Å². The number of ether oxygens (including phenoxy) is 1. The Morgan fingerprint density at radius 2 is 2.03 bits per heavy atom. The normalized spacial score (nSPS) is 43.6. The molecule has 4 heterocycles. The highest BCUT2D eigenvalue weighted by Gasteiger charge is 2.66. The molecule has 3 aliphatic heterocycles. The van der Waals surface area contributed by atoms with Gasteiger partial charge < -0.3 is 4.74 Å². The van der Waals surface area contributed by atoms with Crippen molar-refractivity contribution in [3.05, 3.63) is 65.5 Å². The second kappa shape index (κ2) is 7.51. The second-order valence-corrected chi connectivity index (χ2v) is 13.0. The van der Waals surface area contributed by atoms with E-state index in [1.807, 2.05) is 12.4 Å². The molecule has 0 amide bonds. The van der Waals surface area contributed by atoms with Gasteiger partial charge in [0.25, 0.3) is 0 Å². The van der Waals surface area contributed by atoms with Crippen molar-refractivity contribution < 1.29 is 9.13 Å². The van der Waals surface area contributed by atoms with Gasteiger partial charge in [-0.1, -0.05) is 31.2 Å². The maximum Gasteiger partial charge on any atom is 0.114 e. The van der Waals surface area contributed by atoms with Crippen molar-refractivity contribution in [2.75, 3.05) is 13.1 Å². The van der Waals surface area contributed by atoms with Gasteiger partial charge in [-0.25, -0.2) is 4.39 Å². The Kier molecular flexibility index (Phi) is 4.59. The summed E-state index contributed by atoms with van der Waals surface area (Å²) in [5.41, 5.74) is 4.47. The van der Waals surface area contributed by atoms with E-state index >= 15 is 0 Å². The van der Waals surface area contributed by atoms with E-state index in [9.17, 15) is 4.39 Å². The van der Waals surface area contributed by atoms with Gasteiger partial charge in [-0.15, -0.1) is 0 Å². The largest absolute Gasteiger partial charge is 0.359 e. The van der Waals surface area contributed by atoms with Gasteiger partial charge in [0, 0.05) is 36.9 Å². The van der Waals surface area contributed by atoms with E-state index in [1.54, 1.807) is 0 Å². The van der Waals surface area contributed by atoms with Crippen LogP contribution in [-0.2, 0) is 4.74 Å². The Balaban J connectivity index is 1.14. The molecule has 4 heteroatoms. The predicted octanol–water partition coefficient (Wildman–Crippen LogP) is 6.89. The summed E-state index contributed by atoms with van der Waals surface area (Å²) in [5, 5.41) is 2.52. The lowest BCUT2D eigenvalue weighted by molar-refractivity contribution is -0.140. The summed E-state index contributed by atoms with van der Waals surface area (Å²) in [6.07, 6.45) is 18.3. The third-order valence-electron chi connectivity index (χ3n) is 11.4. The van der Waals surface area contributed by atoms with Crippen LogP contribution in [0, 0.1) is 11.3 Å². The van der Waals surface area contributed by atoms with E-state index in [4.69, 9.17) is 4.74 Å². The molecule has 8 rings (SSSR count). The van der Waals surface area contributed by atoms with E-state index in [0.29, 0.717) is 30.8 Å². The van der Waals surface area contributed by atoms with E-state index in [2.05, 4.69) is 53.2 Å². The molecule has 1 aromatic heterocycles. The summed E-state index contributed by atoms with van der Waals surface area (Å²) in [6.45, 7) is 4.09. The number of pyridine rings is 1. The van der Waals surface area contributed by atoms with Crippen molar-refractivity contribution >= 4 is 10.8 Å². The molecule has 7 atom stereocenters. The maximum atomic E-state index is 14.0. The minimum Gasteiger partial charge on any atom is -0.359 e. The number of halogens is 1. The molecule has 36 heavy (non-hydrogen) atoms. The van der Waals surface area contributed by atoms with Crippen molar-refractivity contribution in [1.29, 1.82) is 0 Å². The van der Waals surface area contributed by atoms with Gasteiger partial charge in [-0.05, 0) is 109 Å². The lowest BCUT2D eigenvalue weighted by Gasteiger charge is -2.55. The van der Waals surface area contributed by atoms with Gasteiger partial charge in [0.15, 0.2) is 0 Å². The molecule has 0 radical (unpaired) electrons. The highest BCUT2D eigenvalue weighted by molar-refractivity contribution is 5.82. The van der Waals surface area contributed by atoms with Crippen molar-refractivity contribution in [2.24, 2.45) is 11.3 Å². The number of fused-ring (bicyclic) bond motifs is 2. The second-order valence-electron chi connectivity index (χ2n) is 13.0. The number of benzene rings is 1. The van der Waals surface area contributed by atoms with Gasteiger partial charge in [0.05, 0.1) is 11.2 Å². The van der Waals surface area contributed by atoms with Crippen LogP contribution in [0.2, 0.25) is 0 Å². The van der Waals surface area contributed by atoms with E-state index in [0.717, 1.165) is 45.1 Å². The number of likely N-dealkylation sites (tertiary alicyclic amines) is 1. The molecule has 1 aromatic carbocycles. The molecular weight excluding hydrogens is 447 g/mol. The lowest BCUT2D eigenvalue weighted by Crippen LogP contribution is -2.55. The van der Waals surface area contributed by atoms with Gasteiger partial charge in [0.2, 0.25) is 0 Å². The van der Waals surface area contributed by atoms with Crippen LogP contribution >= 0.6 is 0 Å². The Morgan fingerprint density at radius 3 is 2.92 bits per heavy atom. The molecule has 6 aliphatic rings. The number of allylic oxidation sites excluding steroid dienone is 1. The molecule has 4 fully saturated rings. The summed E-state index contributed by atoms with van der Waals surface area (Å²) >= 11 is 0. The first-order valence-electron chi connectivity index (χ1n) is 14.3. The molecule has 188 valence electrons. The third kappa shape index (κ3) is 2.89. The Bertz CT molecular complexity index is 1300. The standard InChI is InChI=1S/C32H37FN2O/c1-30-11-8-25-17-24-4-5-27(35-15-10-26(33)20-35)18-31(24)12-13-32(25,36-31)29(30)7-6-28(30)22-3-2-21-9-14-34-19-23(21)16-22/h2-3,8-9,14,16-17,19,26-29H,4-7,10-13,15,18,20H2,1H3/t26?,27-,28?,29-,30?,31-,32-/m1/s1. The number of hydrogen-bond acceptors (Lipinski definition) is 3. The van der Waals surface area contributed by atoms with Crippen LogP contribution < -0.4 is 0 Å². The zero-order valence-electron chi connectivity index (χ0n) is 21.4. The Morgan fingerprint density at radius 1 is 1.08 bits per heavy atom. The quantitative estimate of drug-likeness (QED) is 0.464. The number of aromatic nitrogens is 1. The lowest BCUT2D eigenvalue weighted by atomic mass is 9.58. The molecule has 3 aliphatic carbocycles. The summed E-state index contributed by atoms with van der Waals surface area (Å²) in [4.78, 5) is 6.81. The molecular formula is C32H37FN2O. The van der Waals surface area contributed by atoms with Crippen LogP contribution in [0.1, 0.15) is 76.2 Å². The first-order valence-corrected chi connectivity index (χ1v) is 14.3. The summed E-state index contributed by atoms with van der Waals surface area (Å²) in [6, 6.07) is 9.63. The summed E-state index contributed by atoms with van der Waals surface area (Å²) in [5.74, 6) is 1.11. The smallest absolute Gasteiger partial charge is 0.114 e. The van der Waals surface area contributed by atoms with Gasteiger partial charge >= 0.3 is 0 Å². The number of alkyl halides is 1. The fourth-order valence-electron chi connectivity index (χ4n) is 9.64. The topological polar surface area (TPSA) is 25.4 Å². The monoisotopic (exact) mass is 484 g/mol. The van der Waals surface area contributed by atoms with Crippen LogP contribution in [0.5, 0.6) is 0 Å². The highest BCUT2D eigenvalue weighted by atomic mass is 19.1. The first-order chi connectivity index (χ1) is 17.5. The van der Waals surface area contributed by atoms with Crippen LogP contribution in [0.3, 0.4) is 0 Å². The fourth-order valence-corrected chi connectivity index (χ4v) is 9.64. The zero-order valence-corrected chi connectivity index (χ0v) is 21.4. The molecule has 2 saturated carbocycles. The van der Waals surface area contributed by atoms with Crippen LogP contribution in [0.4, 0.5) is 4.39 Å². The van der Waals surface area contributed by atoms with Crippen LogP contribution in [0.25, 0.3) is 10.8 Å². The van der Waals surface area contributed by atoms with E-state index < -0.39 is 6.17 Å². The molecule has 2 aromatic rings. The SMILES string of the molecule is CC12CC=C3C=C4CC[C@@H](N5CCC(F)C5)C[C@]45CC[C@]3(O5)[C@@H]1CCC2c1ccc2ccncc2c1. The first kappa shape index (κ1) is 22.0. The fraction of sp³-hybridized carbons (Fsp3) is 0.594. The van der Waals surface area contributed by atoms with Crippen LogP contribution in [0.15, 0.2) is 60.0 Å². The van der Waals surface area contributed by atoms with Gasteiger partial charge in [-0.3, -0.25) is 9.88 Å². The highest BCUT2D eigenvalue weighted by Crippen LogP contribution is 2.69. The third-order valence-corrected chi connectivity index (χ3v) is 11.4. The summed E-state index contributed by atoms with van der Waals surface area (Å²) < 4.78 is 21.5. The Hall–Kier alpha value is -2.04. The maximum absolute atomic E-state index is 14.0. The molecule has 3 nitrogen and oxygen atoms in total. The average Bonchev–Trinajstić information content (AvgIpc) is 3.57. The van der Waals surface area contributed by atoms with Crippen molar-refractivity contribution in [3.8, 4) is 0 Å². The number of nitrogens with zero attached hydrogens (tertiary/aromatic N) is 2. The number of rotatable bonds is 2. The zero-order chi connectivity index (χ0) is 24.1. The minimum atomic E-state index is -0.642. The van der Waals surface area contributed by atoms with Gasteiger partial charge in [-0.2, -0.15) is 0 Å². The molecule has 2 bridgehead atoms. The van der Waals surface area contributed by atoms with Crippen molar-refractivity contribution in [3.63, 3.8) is 0 Å².